The maximum Gasteiger partial charge on any atom is 0.490 e. The van der Waals surface area contributed by atoms with Crippen molar-refractivity contribution in [2.24, 2.45) is 13.0 Å². The van der Waals surface area contributed by atoms with E-state index in [9.17, 15) is 17.6 Å². The van der Waals surface area contributed by atoms with Gasteiger partial charge in [0.15, 0.2) is 0 Å². The van der Waals surface area contributed by atoms with Crippen LogP contribution in [-0.2, 0) is 24.8 Å². The van der Waals surface area contributed by atoms with Gasteiger partial charge in [-0.1, -0.05) is 12.1 Å². The number of alkyl halides is 3. The minimum Gasteiger partial charge on any atom is -0.475 e. The number of carboxylic acids is 1. The van der Waals surface area contributed by atoms with E-state index in [-0.39, 0.29) is 5.82 Å². The van der Waals surface area contributed by atoms with Crippen molar-refractivity contribution in [2.45, 2.75) is 38.9 Å². The largest absolute Gasteiger partial charge is 0.490 e. The lowest BCUT2D eigenvalue weighted by molar-refractivity contribution is -0.192. The molecule has 1 fully saturated rings. The van der Waals surface area contributed by atoms with Crippen molar-refractivity contribution in [3.8, 4) is 0 Å². The van der Waals surface area contributed by atoms with Crippen LogP contribution in [0.3, 0.4) is 0 Å². The van der Waals surface area contributed by atoms with Crippen LogP contribution >= 0.6 is 0 Å². The summed E-state index contributed by atoms with van der Waals surface area (Å²) in [6, 6.07) is 9.13. The molecule has 0 aliphatic carbocycles. The molecule has 1 aliphatic rings. The Bertz CT molecular complexity index is 795. The number of aryl methyl sites for hydroxylation is 2. The van der Waals surface area contributed by atoms with Crippen LogP contribution in [0, 0.1) is 18.7 Å². The molecule has 0 amide bonds. The fourth-order valence-corrected chi connectivity index (χ4v) is 3.34. The average molecular weight is 415 g/mol. The van der Waals surface area contributed by atoms with Crippen LogP contribution in [-0.4, -0.2) is 45.0 Å². The van der Waals surface area contributed by atoms with Crippen molar-refractivity contribution < 1.29 is 27.5 Å². The molecule has 1 aromatic heterocycles. The second kappa shape index (κ2) is 9.87. The van der Waals surface area contributed by atoms with Crippen molar-refractivity contribution in [1.29, 1.82) is 0 Å². The molecule has 0 bridgehead atoms. The quantitative estimate of drug-likeness (QED) is 0.769. The van der Waals surface area contributed by atoms with Gasteiger partial charge in [-0.2, -0.15) is 18.3 Å². The molecule has 5 nitrogen and oxygen atoms in total. The van der Waals surface area contributed by atoms with Gasteiger partial charge in [-0.15, -0.1) is 0 Å². The van der Waals surface area contributed by atoms with Crippen LogP contribution in [0.5, 0.6) is 0 Å². The highest BCUT2D eigenvalue weighted by Gasteiger charge is 2.38. The number of rotatable bonds is 4. The fourth-order valence-electron chi connectivity index (χ4n) is 3.34. The molecule has 0 spiro atoms. The molecular weight excluding hydrogens is 390 g/mol. The predicted octanol–water partition coefficient (Wildman–Crippen LogP) is 3.96. The Kier molecular flexibility index (Phi) is 7.78. The van der Waals surface area contributed by atoms with E-state index in [1.54, 1.807) is 12.1 Å². The number of aliphatic carboxylic acids is 1. The molecule has 29 heavy (non-hydrogen) atoms. The lowest BCUT2D eigenvalue weighted by Gasteiger charge is -2.32. The topological polar surface area (TPSA) is 58.4 Å². The van der Waals surface area contributed by atoms with Gasteiger partial charge in [0.2, 0.25) is 0 Å². The van der Waals surface area contributed by atoms with Crippen molar-refractivity contribution in [3.05, 3.63) is 53.1 Å². The van der Waals surface area contributed by atoms with Gasteiger partial charge >= 0.3 is 12.1 Å². The van der Waals surface area contributed by atoms with Crippen LogP contribution in [0.4, 0.5) is 17.6 Å². The Morgan fingerprint density at radius 3 is 2.21 bits per heavy atom. The first-order chi connectivity index (χ1) is 13.5. The molecule has 2 heterocycles. The smallest absolute Gasteiger partial charge is 0.475 e. The normalized spacial score (nSPS) is 15.7. The Balaban J connectivity index is 0.000000370. The van der Waals surface area contributed by atoms with E-state index in [0.717, 1.165) is 37.7 Å². The third-order valence-corrected chi connectivity index (χ3v) is 4.87. The third kappa shape index (κ3) is 7.49. The summed E-state index contributed by atoms with van der Waals surface area (Å²) in [4.78, 5) is 11.4. The van der Waals surface area contributed by atoms with Crippen LogP contribution in [0.1, 0.15) is 29.8 Å². The maximum atomic E-state index is 12.9. The van der Waals surface area contributed by atoms with Crippen molar-refractivity contribution in [1.82, 2.24) is 14.7 Å². The Morgan fingerprint density at radius 1 is 1.21 bits per heavy atom. The maximum absolute atomic E-state index is 12.9. The monoisotopic (exact) mass is 415 g/mol. The minimum atomic E-state index is -5.08. The molecule has 0 radical (unpaired) electrons. The number of carbonyl (C=O) groups is 1. The van der Waals surface area contributed by atoms with Gasteiger partial charge in [0, 0.05) is 13.6 Å². The van der Waals surface area contributed by atoms with E-state index in [2.05, 4.69) is 16.1 Å². The van der Waals surface area contributed by atoms with E-state index < -0.39 is 12.1 Å². The highest BCUT2D eigenvalue weighted by atomic mass is 19.4. The first-order valence-corrected chi connectivity index (χ1v) is 9.31. The molecule has 0 atom stereocenters. The zero-order valence-electron chi connectivity index (χ0n) is 16.4. The van der Waals surface area contributed by atoms with Crippen molar-refractivity contribution in [2.75, 3.05) is 13.1 Å². The molecular formula is C20H25F4N3O2. The number of piperidine rings is 1. The van der Waals surface area contributed by atoms with Crippen LogP contribution in [0.2, 0.25) is 0 Å². The zero-order valence-corrected chi connectivity index (χ0v) is 16.4. The number of aromatic nitrogens is 2. The lowest BCUT2D eigenvalue weighted by atomic mass is 9.90. The number of hydrogen-bond acceptors (Lipinski definition) is 3. The summed E-state index contributed by atoms with van der Waals surface area (Å²) in [6.07, 6.45) is -1.58. The second-order valence-corrected chi connectivity index (χ2v) is 7.25. The molecule has 0 unspecified atom stereocenters. The van der Waals surface area contributed by atoms with Crippen LogP contribution in [0.25, 0.3) is 0 Å². The molecule has 3 rings (SSSR count). The SMILES string of the molecule is Cc1cc(CN2CCC(Cc3ccc(F)cc3)CC2)n(C)n1.O=C(O)C(F)(F)F. The van der Waals surface area contributed by atoms with E-state index >= 15 is 0 Å². The molecule has 1 saturated heterocycles. The molecule has 1 N–H and O–H groups in total. The van der Waals surface area contributed by atoms with Crippen molar-refractivity contribution in [3.63, 3.8) is 0 Å². The third-order valence-electron chi connectivity index (χ3n) is 4.87. The van der Waals surface area contributed by atoms with Crippen LogP contribution in [0.15, 0.2) is 30.3 Å². The summed E-state index contributed by atoms with van der Waals surface area (Å²) in [5.74, 6) is -2.19. The molecule has 1 aromatic carbocycles. The minimum absolute atomic E-state index is 0.148. The number of halogens is 4. The van der Waals surface area contributed by atoms with Gasteiger partial charge in [0.1, 0.15) is 5.82 Å². The molecule has 0 saturated carbocycles. The first kappa shape index (κ1) is 22.9. The summed E-state index contributed by atoms with van der Waals surface area (Å²) in [5.41, 5.74) is 3.63. The second-order valence-electron chi connectivity index (χ2n) is 7.25. The van der Waals surface area contributed by atoms with Crippen LogP contribution < -0.4 is 0 Å². The van der Waals surface area contributed by atoms with Gasteiger partial charge in [0.05, 0.1) is 11.4 Å². The standard InChI is InChI=1S/C18H24FN3.C2HF3O2/c1-14-11-18(21(2)20-14)13-22-9-7-16(8-10-22)12-15-3-5-17(19)6-4-15;3-2(4,5)1(6)7/h3-6,11,16H,7-10,12-13H2,1-2H3;(H,6,7). The number of carboxylic acid groups (broad SMARTS) is 1. The van der Waals surface area contributed by atoms with E-state index in [0.29, 0.717) is 0 Å². The Morgan fingerprint density at radius 2 is 1.76 bits per heavy atom. The molecule has 2 aromatic rings. The van der Waals surface area contributed by atoms with E-state index in [4.69, 9.17) is 9.90 Å². The van der Waals surface area contributed by atoms with Gasteiger partial charge in [-0.25, -0.2) is 9.18 Å². The highest BCUT2D eigenvalue weighted by molar-refractivity contribution is 5.73. The summed E-state index contributed by atoms with van der Waals surface area (Å²) in [6.45, 7) is 5.30. The number of nitrogens with zero attached hydrogens (tertiary/aromatic N) is 3. The summed E-state index contributed by atoms with van der Waals surface area (Å²) in [7, 11) is 2.02. The summed E-state index contributed by atoms with van der Waals surface area (Å²) >= 11 is 0. The Labute approximate surface area is 166 Å². The van der Waals surface area contributed by atoms with E-state index in [1.165, 1.54) is 24.1 Å². The number of hydrogen-bond donors (Lipinski definition) is 1. The van der Waals surface area contributed by atoms with Crippen molar-refractivity contribution >= 4 is 5.97 Å². The summed E-state index contributed by atoms with van der Waals surface area (Å²) < 4.78 is 46.7. The summed E-state index contributed by atoms with van der Waals surface area (Å²) in [5, 5.41) is 11.5. The van der Waals surface area contributed by atoms with Gasteiger partial charge in [-0.05, 0) is 69.0 Å². The average Bonchev–Trinajstić information content (AvgIpc) is 2.95. The number of benzene rings is 1. The van der Waals surface area contributed by atoms with Gasteiger partial charge in [-0.3, -0.25) is 9.58 Å². The Hall–Kier alpha value is -2.42. The van der Waals surface area contributed by atoms with Gasteiger partial charge < -0.3 is 5.11 Å². The predicted molar refractivity (Wildman–Crippen MR) is 99.7 cm³/mol. The molecule has 9 heteroatoms. The molecule has 160 valence electrons. The fraction of sp³-hybridized carbons (Fsp3) is 0.500. The molecule has 1 aliphatic heterocycles. The first-order valence-electron chi connectivity index (χ1n) is 9.31. The zero-order chi connectivity index (χ0) is 21.6. The highest BCUT2D eigenvalue weighted by Crippen LogP contribution is 2.23. The number of likely N-dealkylation sites (tertiary alicyclic amines) is 1. The van der Waals surface area contributed by atoms with E-state index in [1.807, 2.05) is 30.8 Å². The van der Waals surface area contributed by atoms with Gasteiger partial charge in [0.25, 0.3) is 0 Å². The lowest BCUT2D eigenvalue weighted by Crippen LogP contribution is -2.34.